The molecule has 0 aliphatic heterocycles. The van der Waals surface area contributed by atoms with E-state index in [0.29, 0.717) is 5.56 Å². The molecule has 0 aromatic heterocycles. The van der Waals surface area contributed by atoms with Gasteiger partial charge < -0.3 is 20.2 Å². The van der Waals surface area contributed by atoms with Crippen molar-refractivity contribution in [2.45, 2.75) is 50.9 Å². The Morgan fingerprint density at radius 1 is 1.07 bits per heavy atom. The average molecular weight is 450 g/mol. The third-order valence-corrected chi connectivity index (χ3v) is 5.40. The zero-order valence-corrected chi connectivity index (χ0v) is 18.1. The van der Waals surface area contributed by atoms with Crippen LogP contribution in [0.15, 0.2) is 59.1 Å². The Bertz CT molecular complexity index is 773. The fourth-order valence-corrected chi connectivity index (χ4v) is 3.74. The van der Waals surface area contributed by atoms with E-state index in [0.717, 1.165) is 10.0 Å². The van der Waals surface area contributed by atoms with Gasteiger partial charge in [0, 0.05) is 17.4 Å². The maximum Gasteiger partial charge on any atom is 0.407 e. The summed E-state index contributed by atoms with van der Waals surface area (Å²) in [6.07, 6.45) is -0.771. The second kappa shape index (κ2) is 9.07. The third kappa shape index (κ3) is 6.06. The highest BCUT2D eigenvalue weighted by molar-refractivity contribution is 9.10. The van der Waals surface area contributed by atoms with Crippen LogP contribution in [0.2, 0.25) is 0 Å². The van der Waals surface area contributed by atoms with E-state index in [2.05, 4.69) is 15.9 Å². The van der Waals surface area contributed by atoms with Crippen LogP contribution in [0.4, 0.5) is 4.79 Å². The first-order valence-corrected chi connectivity index (χ1v) is 10.1. The standard InChI is InChI=1S/C22H28BrNO4/c1-16(17-9-11-19(23)12-10-17)24(20(25)26)14-13-22(28,15-21(2,3)27)18-7-5-4-6-8-18/h4-12,16,27-28H,13-15H2,1-3H3,(H,25,26). The number of rotatable bonds is 8. The zero-order chi connectivity index (χ0) is 20.9. The van der Waals surface area contributed by atoms with Gasteiger partial charge in [-0.15, -0.1) is 0 Å². The van der Waals surface area contributed by atoms with Crippen molar-refractivity contribution in [2.24, 2.45) is 0 Å². The normalized spacial score (nSPS) is 14.9. The van der Waals surface area contributed by atoms with Crippen molar-refractivity contribution in [3.8, 4) is 0 Å². The van der Waals surface area contributed by atoms with Crippen LogP contribution in [0, 0.1) is 0 Å². The number of benzene rings is 2. The molecule has 0 saturated carbocycles. The van der Waals surface area contributed by atoms with Crippen molar-refractivity contribution in [2.75, 3.05) is 6.54 Å². The third-order valence-electron chi connectivity index (χ3n) is 4.87. The maximum atomic E-state index is 11.9. The molecule has 28 heavy (non-hydrogen) atoms. The molecule has 0 spiro atoms. The molecule has 0 saturated heterocycles. The Morgan fingerprint density at radius 3 is 2.14 bits per heavy atom. The van der Waals surface area contributed by atoms with E-state index >= 15 is 0 Å². The van der Waals surface area contributed by atoms with Gasteiger partial charge >= 0.3 is 6.09 Å². The molecule has 2 rings (SSSR count). The van der Waals surface area contributed by atoms with Crippen LogP contribution in [0.3, 0.4) is 0 Å². The highest BCUT2D eigenvalue weighted by Gasteiger charge is 2.36. The number of carbonyl (C=O) groups is 1. The predicted octanol–water partition coefficient (Wildman–Crippen LogP) is 4.93. The van der Waals surface area contributed by atoms with E-state index in [1.807, 2.05) is 49.4 Å². The Morgan fingerprint density at radius 2 is 1.64 bits per heavy atom. The number of carboxylic acid groups (broad SMARTS) is 1. The van der Waals surface area contributed by atoms with E-state index in [1.54, 1.807) is 26.0 Å². The zero-order valence-electron chi connectivity index (χ0n) is 16.5. The van der Waals surface area contributed by atoms with Gasteiger partial charge in [-0.05, 0) is 50.5 Å². The Kier molecular flexibility index (Phi) is 7.26. The van der Waals surface area contributed by atoms with Crippen LogP contribution in [0.25, 0.3) is 0 Å². The van der Waals surface area contributed by atoms with Crippen molar-refractivity contribution < 1.29 is 20.1 Å². The summed E-state index contributed by atoms with van der Waals surface area (Å²) in [5, 5.41) is 31.4. The summed E-state index contributed by atoms with van der Waals surface area (Å²) in [4.78, 5) is 13.2. The lowest BCUT2D eigenvalue weighted by molar-refractivity contribution is -0.0599. The smallest absolute Gasteiger partial charge is 0.407 e. The minimum absolute atomic E-state index is 0.101. The van der Waals surface area contributed by atoms with Crippen LogP contribution in [-0.2, 0) is 5.60 Å². The van der Waals surface area contributed by atoms with Crippen LogP contribution in [-0.4, -0.2) is 38.5 Å². The SMILES string of the molecule is CC(c1ccc(Br)cc1)N(CCC(O)(CC(C)(C)O)c1ccccc1)C(=O)O. The van der Waals surface area contributed by atoms with Gasteiger partial charge in [-0.3, -0.25) is 0 Å². The van der Waals surface area contributed by atoms with E-state index in [4.69, 9.17) is 0 Å². The summed E-state index contributed by atoms with van der Waals surface area (Å²) in [7, 11) is 0. The number of nitrogens with zero attached hydrogens (tertiary/aromatic N) is 1. The molecular formula is C22H28BrNO4. The highest BCUT2D eigenvalue weighted by Crippen LogP contribution is 2.35. The summed E-state index contributed by atoms with van der Waals surface area (Å²) in [6, 6.07) is 16.2. The fraction of sp³-hybridized carbons (Fsp3) is 0.409. The van der Waals surface area contributed by atoms with Gasteiger partial charge in [-0.1, -0.05) is 58.4 Å². The summed E-state index contributed by atoms with van der Waals surface area (Å²) < 4.78 is 0.925. The molecule has 6 heteroatoms. The first kappa shape index (κ1) is 22.4. The first-order valence-electron chi connectivity index (χ1n) is 9.27. The summed E-state index contributed by atoms with van der Waals surface area (Å²) >= 11 is 3.38. The quantitative estimate of drug-likeness (QED) is 0.533. The Labute approximate surface area is 174 Å². The molecule has 0 radical (unpaired) electrons. The molecule has 0 fully saturated rings. The molecule has 0 bridgehead atoms. The minimum Gasteiger partial charge on any atom is -0.465 e. The molecule has 2 aromatic rings. The number of hydrogen-bond donors (Lipinski definition) is 3. The Balaban J connectivity index is 2.25. The molecule has 2 atom stereocenters. The van der Waals surface area contributed by atoms with Gasteiger partial charge in [0.25, 0.3) is 0 Å². The molecular weight excluding hydrogens is 422 g/mol. The van der Waals surface area contributed by atoms with Gasteiger partial charge in [-0.2, -0.15) is 0 Å². The molecule has 1 amide bonds. The van der Waals surface area contributed by atoms with Gasteiger partial charge in [0.05, 0.1) is 17.2 Å². The van der Waals surface area contributed by atoms with Crippen molar-refractivity contribution in [1.29, 1.82) is 0 Å². The molecule has 0 aliphatic carbocycles. The van der Waals surface area contributed by atoms with Gasteiger partial charge in [0.2, 0.25) is 0 Å². The largest absolute Gasteiger partial charge is 0.465 e. The van der Waals surface area contributed by atoms with E-state index < -0.39 is 17.3 Å². The van der Waals surface area contributed by atoms with E-state index in [9.17, 15) is 20.1 Å². The van der Waals surface area contributed by atoms with E-state index in [1.165, 1.54) is 4.90 Å². The van der Waals surface area contributed by atoms with Crippen LogP contribution < -0.4 is 0 Å². The molecule has 2 unspecified atom stereocenters. The lowest BCUT2D eigenvalue weighted by Crippen LogP contribution is -2.41. The van der Waals surface area contributed by atoms with Gasteiger partial charge in [0.15, 0.2) is 0 Å². The molecule has 3 N–H and O–H groups in total. The monoisotopic (exact) mass is 449 g/mol. The minimum atomic E-state index is -1.34. The van der Waals surface area contributed by atoms with Crippen LogP contribution >= 0.6 is 15.9 Å². The predicted molar refractivity (Wildman–Crippen MR) is 113 cm³/mol. The number of halogens is 1. The molecule has 0 heterocycles. The number of hydrogen-bond acceptors (Lipinski definition) is 3. The lowest BCUT2D eigenvalue weighted by atomic mass is 9.81. The van der Waals surface area contributed by atoms with Crippen molar-refractivity contribution in [3.63, 3.8) is 0 Å². The molecule has 5 nitrogen and oxygen atoms in total. The van der Waals surface area contributed by atoms with Crippen LogP contribution in [0.1, 0.15) is 50.8 Å². The topological polar surface area (TPSA) is 81.0 Å². The lowest BCUT2D eigenvalue weighted by Gasteiger charge is -2.36. The van der Waals surface area contributed by atoms with Gasteiger partial charge in [-0.25, -0.2) is 4.79 Å². The summed E-state index contributed by atoms with van der Waals surface area (Å²) in [5.41, 5.74) is -0.905. The molecule has 152 valence electrons. The second-order valence-electron chi connectivity index (χ2n) is 7.84. The average Bonchev–Trinajstić information content (AvgIpc) is 2.61. The fourth-order valence-electron chi connectivity index (χ4n) is 3.48. The molecule has 2 aromatic carbocycles. The molecule has 0 aliphatic rings. The summed E-state index contributed by atoms with van der Waals surface area (Å²) in [6.45, 7) is 5.24. The van der Waals surface area contributed by atoms with Crippen molar-refractivity contribution in [3.05, 3.63) is 70.2 Å². The first-order chi connectivity index (χ1) is 13.0. The number of aliphatic hydroxyl groups is 2. The highest BCUT2D eigenvalue weighted by atomic mass is 79.9. The second-order valence-corrected chi connectivity index (χ2v) is 8.76. The van der Waals surface area contributed by atoms with Crippen molar-refractivity contribution in [1.82, 2.24) is 4.90 Å². The summed E-state index contributed by atoms with van der Waals surface area (Å²) in [5.74, 6) is 0. The maximum absolute atomic E-state index is 11.9. The Hall–Kier alpha value is -1.89. The van der Waals surface area contributed by atoms with Gasteiger partial charge in [0.1, 0.15) is 0 Å². The number of amides is 1. The van der Waals surface area contributed by atoms with Crippen LogP contribution in [0.5, 0.6) is 0 Å². The van der Waals surface area contributed by atoms with Crippen molar-refractivity contribution >= 4 is 22.0 Å². The van der Waals surface area contributed by atoms with E-state index in [-0.39, 0.29) is 25.4 Å².